The zero-order valence-corrected chi connectivity index (χ0v) is 19.9. The highest BCUT2D eigenvalue weighted by molar-refractivity contribution is 7.99. The van der Waals surface area contributed by atoms with Crippen LogP contribution in [0.3, 0.4) is 0 Å². The van der Waals surface area contributed by atoms with Gasteiger partial charge in [-0.1, -0.05) is 13.3 Å². The van der Waals surface area contributed by atoms with Crippen LogP contribution in [0, 0.1) is 5.92 Å². The number of aliphatic hydroxyl groups excluding tert-OH is 3. The Balaban J connectivity index is 2.15. The molecule has 2 unspecified atom stereocenters. The molecule has 0 bridgehead atoms. The Kier molecular flexibility index (Phi) is 9.78. The zero-order valence-electron chi connectivity index (χ0n) is 18.2. The van der Waals surface area contributed by atoms with Gasteiger partial charge in [-0.15, -0.1) is 11.8 Å². The first-order valence-corrected chi connectivity index (χ1v) is 13.2. The fourth-order valence-corrected chi connectivity index (χ4v) is 5.75. The molecule has 13 heteroatoms. The monoisotopic (exact) mass is 486 g/mol. The number of hydrogen-bond donors (Lipinski definition) is 6. The Bertz CT molecular complexity index is 650. The maximum Gasteiger partial charge on any atom is 0.470 e. The lowest BCUT2D eigenvalue weighted by Gasteiger charge is -2.45. The number of carbonyl (C=O) groups excluding carboxylic acids is 1. The quantitative estimate of drug-likeness (QED) is 0.227. The number of carbonyl (C=O) groups is 1. The molecule has 0 aromatic heterocycles. The lowest BCUT2D eigenvalue weighted by molar-refractivity contribution is -0.207. The largest absolute Gasteiger partial charge is 0.470 e. The molecule has 0 aromatic rings. The van der Waals surface area contributed by atoms with E-state index in [1.165, 1.54) is 6.92 Å². The van der Waals surface area contributed by atoms with E-state index < -0.39 is 49.8 Å². The Morgan fingerprint density at radius 2 is 2.00 bits per heavy atom. The molecule has 0 saturated carbocycles. The van der Waals surface area contributed by atoms with Gasteiger partial charge in [0.25, 0.3) is 0 Å². The summed E-state index contributed by atoms with van der Waals surface area (Å²) in [5.41, 5.74) is -1.04. The number of hydrogen-bond acceptors (Lipinski definition) is 9. The lowest BCUT2D eigenvalue weighted by Crippen LogP contribution is -2.66. The third kappa shape index (κ3) is 6.86. The second kappa shape index (κ2) is 11.2. The van der Waals surface area contributed by atoms with E-state index in [2.05, 4.69) is 16.8 Å². The molecule has 2 saturated heterocycles. The number of thioether (sulfide) groups is 1. The fraction of sp³-hybridized carbons (Fsp3) is 0.944. The maximum atomic E-state index is 13.0. The average molecular weight is 487 g/mol. The molecule has 0 spiro atoms. The predicted octanol–water partition coefficient (Wildman–Crippen LogP) is -0.740. The number of rotatable bonds is 9. The van der Waals surface area contributed by atoms with Crippen LogP contribution in [0.2, 0.25) is 0 Å². The van der Waals surface area contributed by atoms with E-state index in [-0.39, 0.29) is 11.9 Å². The van der Waals surface area contributed by atoms with Crippen LogP contribution in [0.25, 0.3) is 0 Å². The van der Waals surface area contributed by atoms with Crippen molar-refractivity contribution in [2.45, 2.75) is 81.1 Å². The summed E-state index contributed by atoms with van der Waals surface area (Å²) >= 11 is 1.02. The van der Waals surface area contributed by atoms with Crippen LogP contribution in [0.5, 0.6) is 0 Å². The number of nitrogens with one attached hydrogen (secondary N) is 1. The van der Waals surface area contributed by atoms with E-state index in [9.17, 15) is 24.7 Å². The van der Waals surface area contributed by atoms with E-state index in [1.807, 2.05) is 11.9 Å². The number of phosphoric acid groups is 1. The van der Waals surface area contributed by atoms with E-state index in [0.29, 0.717) is 12.3 Å². The van der Waals surface area contributed by atoms with Crippen molar-refractivity contribution in [1.82, 2.24) is 10.2 Å². The minimum Gasteiger partial charge on any atom is -0.391 e. The molecule has 0 radical (unpaired) electrons. The number of phosphoric ester groups is 1. The van der Waals surface area contributed by atoms with E-state index in [0.717, 1.165) is 31.1 Å². The van der Waals surface area contributed by atoms with Crippen LogP contribution in [-0.2, 0) is 18.6 Å². The van der Waals surface area contributed by atoms with Gasteiger partial charge in [-0.3, -0.25) is 14.2 Å². The van der Waals surface area contributed by atoms with Crippen molar-refractivity contribution in [3.05, 3.63) is 0 Å². The van der Waals surface area contributed by atoms with Crippen molar-refractivity contribution in [1.29, 1.82) is 0 Å². The first-order chi connectivity index (χ1) is 14.4. The number of ether oxygens (including phenoxy) is 1. The Hall–Kier alpha value is -0.270. The highest BCUT2D eigenvalue weighted by Gasteiger charge is 2.51. The molecule has 2 fully saturated rings. The molecular formula is C18H35N2O9PS. The highest BCUT2D eigenvalue weighted by atomic mass is 32.2. The minimum atomic E-state index is -4.96. The molecule has 2 rings (SSSR count). The lowest BCUT2D eigenvalue weighted by atomic mass is 9.92. The van der Waals surface area contributed by atoms with E-state index >= 15 is 0 Å². The Morgan fingerprint density at radius 1 is 1.35 bits per heavy atom. The molecule has 11 nitrogen and oxygen atoms in total. The maximum absolute atomic E-state index is 13.0. The van der Waals surface area contributed by atoms with Gasteiger partial charge < -0.3 is 35.2 Å². The van der Waals surface area contributed by atoms with E-state index in [4.69, 9.17) is 14.5 Å². The fourth-order valence-electron chi connectivity index (χ4n) is 4.39. The van der Waals surface area contributed by atoms with Gasteiger partial charge in [0.2, 0.25) is 5.91 Å². The summed E-state index contributed by atoms with van der Waals surface area (Å²) in [5.74, 6) is 0.0899. The molecule has 2 aliphatic heterocycles. The summed E-state index contributed by atoms with van der Waals surface area (Å²) in [6.45, 7) is 4.32. The second-order valence-electron chi connectivity index (χ2n) is 8.37. The van der Waals surface area contributed by atoms with Crippen LogP contribution in [0.1, 0.15) is 33.1 Å². The predicted molar refractivity (Wildman–Crippen MR) is 114 cm³/mol. The van der Waals surface area contributed by atoms with Crippen molar-refractivity contribution in [2.24, 2.45) is 5.92 Å². The number of likely N-dealkylation sites (N-methyl/N-ethyl adjacent to an activating group) is 1. The summed E-state index contributed by atoms with van der Waals surface area (Å²) in [4.78, 5) is 33.1. The summed E-state index contributed by atoms with van der Waals surface area (Å²) in [7, 11) is -3.09. The first-order valence-electron chi connectivity index (χ1n) is 10.4. The summed E-state index contributed by atoms with van der Waals surface area (Å²) in [5, 5.41) is 34.1. The van der Waals surface area contributed by atoms with Crippen molar-refractivity contribution in [3.8, 4) is 0 Å². The second-order valence-corrected chi connectivity index (χ2v) is 10.5. The molecule has 2 aliphatic rings. The Labute approximate surface area is 186 Å². The van der Waals surface area contributed by atoms with Gasteiger partial charge in [0.15, 0.2) is 0 Å². The van der Waals surface area contributed by atoms with Crippen molar-refractivity contribution in [2.75, 3.05) is 19.8 Å². The molecule has 9 atom stereocenters. The molecule has 182 valence electrons. The van der Waals surface area contributed by atoms with Gasteiger partial charge in [0, 0.05) is 6.54 Å². The molecule has 1 amide bonds. The molecule has 2 heterocycles. The molecule has 31 heavy (non-hydrogen) atoms. The summed E-state index contributed by atoms with van der Waals surface area (Å²) in [6, 6.07) is -1.44. The molecule has 6 N–H and O–H groups in total. The van der Waals surface area contributed by atoms with Gasteiger partial charge >= 0.3 is 7.82 Å². The topological polar surface area (TPSA) is 169 Å². The van der Waals surface area contributed by atoms with Crippen LogP contribution >= 0.6 is 19.6 Å². The van der Waals surface area contributed by atoms with Crippen LogP contribution in [0.4, 0.5) is 0 Å². The summed E-state index contributed by atoms with van der Waals surface area (Å²) in [6.07, 6.45) is -2.90. The average Bonchev–Trinajstić information content (AvgIpc) is 3.03. The third-order valence-corrected chi connectivity index (χ3v) is 7.25. The SMILES string of the molecule is CCC[C@@H]1C[C@@H](C(=O)N[C@@H](C2O[C@H](SC)C(OP(=O)(O)O)[C@H](O)[C@H]2O)[C@@H](C)O)N(C)C1. The minimum absolute atomic E-state index is 0.313. The van der Waals surface area contributed by atoms with Crippen LogP contribution in [0.15, 0.2) is 0 Å². The van der Waals surface area contributed by atoms with E-state index in [1.54, 1.807) is 6.26 Å². The van der Waals surface area contributed by atoms with Gasteiger partial charge in [-0.2, -0.15) is 0 Å². The number of nitrogens with zero attached hydrogens (tertiary/aromatic N) is 1. The third-order valence-electron chi connectivity index (χ3n) is 5.89. The van der Waals surface area contributed by atoms with Crippen molar-refractivity contribution < 1.29 is 43.7 Å². The van der Waals surface area contributed by atoms with Crippen molar-refractivity contribution in [3.63, 3.8) is 0 Å². The molecule has 0 aromatic carbocycles. The smallest absolute Gasteiger partial charge is 0.391 e. The Morgan fingerprint density at radius 3 is 2.52 bits per heavy atom. The zero-order chi connectivity index (χ0) is 23.5. The highest BCUT2D eigenvalue weighted by Crippen LogP contribution is 2.43. The first kappa shape index (κ1) is 27.0. The van der Waals surface area contributed by atoms with Gasteiger partial charge in [-0.05, 0) is 39.0 Å². The number of likely N-dealkylation sites (tertiary alicyclic amines) is 1. The van der Waals surface area contributed by atoms with Gasteiger partial charge in [0.1, 0.15) is 29.9 Å². The standard InChI is InChI=1S/C18H35N2O9PS/c1-5-6-10-7-11(20(3)8-10)17(24)19-12(9(2)21)15-13(22)14(23)16(18(28-15)31-4)29-30(25,26)27/h9-16,18,21-23H,5-8H2,1-4H3,(H,19,24)(H2,25,26,27)/t9-,10-,11+,12-,13-,14-,15?,16?,18-/m1/s1. The molecule has 0 aliphatic carbocycles. The van der Waals surface area contributed by atoms with Gasteiger partial charge in [-0.25, -0.2) is 4.57 Å². The van der Waals surface area contributed by atoms with Gasteiger partial charge in [0.05, 0.1) is 18.2 Å². The van der Waals surface area contributed by atoms with Crippen LogP contribution < -0.4 is 5.32 Å². The normalized spacial score (nSPS) is 36.9. The number of amides is 1. The molecular weight excluding hydrogens is 451 g/mol. The van der Waals surface area contributed by atoms with Crippen LogP contribution in [-0.4, -0.2) is 104 Å². The number of aliphatic hydroxyl groups is 3. The summed E-state index contributed by atoms with van der Waals surface area (Å²) < 4.78 is 21.6. The van der Waals surface area contributed by atoms with Crippen molar-refractivity contribution >= 4 is 25.5 Å².